The fourth-order valence-corrected chi connectivity index (χ4v) is 4.66. The number of carbonyl (C=O) groups is 2. The Morgan fingerprint density at radius 1 is 1.07 bits per heavy atom. The highest BCUT2D eigenvalue weighted by Crippen LogP contribution is 2.39. The van der Waals surface area contributed by atoms with Gasteiger partial charge in [0.15, 0.2) is 11.5 Å². The Morgan fingerprint density at radius 3 is 2.70 bits per heavy atom. The minimum atomic E-state index is -0.463. The van der Waals surface area contributed by atoms with Crippen molar-refractivity contribution in [2.24, 2.45) is 5.92 Å². The number of para-hydroxylation sites is 1. The number of halogens is 1. The highest BCUT2D eigenvalue weighted by atomic mass is 19.1. The van der Waals surface area contributed by atoms with Gasteiger partial charge in [-0.05, 0) is 42.7 Å². The molecule has 2 amide bonds. The molecule has 7 heteroatoms. The summed E-state index contributed by atoms with van der Waals surface area (Å²) >= 11 is 0. The Bertz CT molecular complexity index is 995. The summed E-state index contributed by atoms with van der Waals surface area (Å²) in [6, 6.07) is 12.0. The van der Waals surface area contributed by atoms with E-state index >= 15 is 0 Å². The van der Waals surface area contributed by atoms with E-state index in [0.717, 1.165) is 24.2 Å². The SMILES string of the molecule is O=C1C[C@@H](C(=O)N2CCC[C@H]2c2ccc3c(c2)OCCO3)CN1c1ccccc1F. The lowest BCUT2D eigenvalue weighted by atomic mass is 10.0. The normalized spacial score (nSPS) is 23.2. The van der Waals surface area contributed by atoms with Gasteiger partial charge in [0.1, 0.15) is 19.0 Å². The molecular formula is C23H23FN2O4. The number of rotatable bonds is 3. The molecule has 0 aromatic heterocycles. The highest BCUT2D eigenvalue weighted by molar-refractivity contribution is 6.00. The summed E-state index contributed by atoms with van der Waals surface area (Å²) in [5, 5.41) is 0. The van der Waals surface area contributed by atoms with Gasteiger partial charge in [-0.2, -0.15) is 0 Å². The maximum Gasteiger partial charge on any atom is 0.228 e. The Kier molecular flexibility index (Phi) is 4.81. The first kappa shape index (κ1) is 18.9. The molecule has 0 spiro atoms. The summed E-state index contributed by atoms with van der Waals surface area (Å²) in [6.07, 6.45) is 1.88. The summed E-state index contributed by atoms with van der Waals surface area (Å²) in [5.74, 6) is 0.264. The van der Waals surface area contributed by atoms with Crippen molar-refractivity contribution in [2.75, 3.05) is 31.2 Å². The van der Waals surface area contributed by atoms with Crippen molar-refractivity contribution in [2.45, 2.75) is 25.3 Å². The Labute approximate surface area is 174 Å². The molecule has 30 heavy (non-hydrogen) atoms. The molecule has 5 rings (SSSR count). The smallest absolute Gasteiger partial charge is 0.228 e. The van der Waals surface area contributed by atoms with Gasteiger partial charge >= 0.3 is 0 Å². The summed E-state index contributed by atoms with van der Waals surface area (Å²) < 4.78 is 25.4. The van der Waals surface area contributed by atoms with E-state index in [2.05, 4.69) is 0 Å². The van der Waals surface area contributed by atoms with Crippen molar-refractivity contribution in [3.63, 3.8) is 0 Å². The van der Waals surface area contributed by atoms with Crippen molar-refractivity contribution in [1.82, 2.24) is 4.90 Å². The van der Waals surface area contributed by atoms with E-state index in [9.17, 15) is 14.0 Å². The molecule has 6 nitrogen and oxygen atoms in total. The number of carbonyl (C=O) groups excluding carboxylic acids is 2. The third-order valence-corrected chi connectivity index (χ3v) is 6.10. The van der Waals surface area contributed by atoms with Crippen LogP contribution in [0.4, 0.5) is 10.1 Å². The van der Waals surface area contributed by atoms with Gasteiger partial charge in [-0.3, -0.25) is 9.59 Å². The number of hydrogen-bond acceptors (Lipinski definition) is 4. The van der Waals surface area contributed by atoms with E-state index in [0.29, 0.717) is 25.5 Å². The number of nitrogens with zero attached hydrogens (tertiary/aromatic N) is 2. The van der Waals surface area contributed by atoms with Crippen LogP contribution in [0.15, 0.2) is 42.5 Å². The molecule has 0 unspecified atom stereocenters. The summed E-state index contributed by atoms with van der Waals surface area (Å²) in [7, 11) is 0. The van der Waals surface area contributed by atoms with Crippen molar-refractivity contribution >= 4 is 17.5 Å². The van der Waals surface area contributed by atoms with Gasteiger partial charge in [0.2, 0.25) is 11.8 Å². The number of anilines is 1. The molecule has 0 aliphatic carbocycles. The van der Waals surface area contributed by atoms with Crippen molar-refractivity contribution in [3.8, 4) is 11.5 Å². The van der Waals surface area contributed by atoms with Crippen LogP contribution in [0.5, 0.6) is 11.5 Å². The molecule has 0 bridgehead atoms. The number of hydrogen-bond donors (Lipinski definition) is 0. The molecule has 2 fully saturated rings. The molecule has 0 N–H and O–H groups in total. The second kappa shape index (κ2) is 7.63. The number of likely N-dealkylation sites (tertiary alicyclic amines) is 1. The number of benzene rings is 2. The first-order valence-corrected chi connectivity index (χ1v) is 10.4. The van der Waals surface area contributed by atoms with Crippen LogP contribution < -0.4 is 14.4 Å². The van der Waals surface area contributed by atoms with Crippen molar-refractivity contribution in [1.29, 1.82) is 0 Å². The van der Waals surface area contributed by atoms with Gasteiger partial charge in [-0.1, -0.05) is 18.2 Å². The first-order valence-electron chi connectivity index (χ1n) is 10.4. The molecule has 2 atom stereocenters. The van der Waals surface area contributed by atoms with Gasteiger partial charge in [0.25, 0.3) is 0 Å². The third-order valence-electron chi connectivity index (χ3n) is 6.10. The van der Waals surface area contributed by atoms with Crippen LogP contribution >= 0.6 is 0 Å². The van der Waals surface area contributed by atoms with E-state index < -0.39 is 11.7 Å². The predicted molar refractivity (Wildman–Crippen MR) is 108 cm³/mol. The van der Waals surface area contributed by atoms with Crippen LogP contribution in [-0.2, 0) is 9.59 Å². The number of ether oxygens (including phenoxy) is 2. The van der Waals surface area contributed by atoms with E-state index in [1.54, 1.807) is 18.2 Å². The molecule has 2 saturated heterocycles. The second-order valence-corrected chi connectivity index (χ2v) is 7.95. The molecule has 3 aliphatic heterocycles. The first-order chi connectivity index (χ1) is 14.6. The van der Waals surface area contributed by atoms with Crippen LogP contribution in [0.2, 0.25) is 0 Å². The summed E-state index contributed by atoms with van der Waals surface area (Å²) in [5.41, 5.74) is 1.25. The second-order valence-electron chi connectivity index (χ2n) is 7.95. The van der Waals surface area contributed by atoms with Gasteiger partial charge in [-0.15, -0.1) is 0 Å². The lowest BCUT2D eigenvalue weighted by Gasteiger charge is -2.28. The Balaban J connectivity index is 1.34. The van der Waals surface area contributed by atoms with Crippen LogP contribution in [0.3, 0.4) is 0 Å². The van der Waals surface area contributed by atoms with Crippen LogP contribution in [0, 0.1) is 11.7 Å². The fourth-order valence-electron chi connectivity index (χ4n) is 4.66. The predicted octanol–water partition coefficient (Wildman–Crippen LogP) is 3.31. The van der Waals surface area contributed by atoms with Gasteiger partial charge < -0.3 is 19.3 Å². The maximum absolute atomic E-state index is 14.2. The van der Waals surface area contributed by atoms with Gasteiger partial charge in [0.05, 0.1) is 17.6 Å². The zero-order chi connectivity index (χ0) is 20.7. The van der Waals surface area contributed by atoms with E-state index in [4.69, 9.17) is 9.47 Å². The Morgan fingerprint density at radius 2 is 1.87 bits per heavy atom. The minimum Gasteiger partial charge on any atom is -0.486 e. The van der Waals surface area contributed by atoms with Crippen molar-refractivity contribution in [3.05, 3.63) is 53.8 Å². The van der Waals surface area contributed by atoms with Gasteiger partial charge in [-0.25, -0.2) is 4.39 Å². The van der Waals surface area contributed by atoms with Gasteiger partial charge in [0, 0.05) is 19.5 Å². The minimum absolute atomic E-state index is 0.0421. The quantitative estimate of drug-likeness (QED) is 0.779. The third kappa shape index (κ3) is 3.28. The molecular weight excluding hydrogens is 387 g/mol. The summed E-state index contributed by atoms with van der Waals surface area (Å²) in [4.78, 5) is 29.1. The van der Waals surface area contributed by atoms with Crippen LogP contribution in [-0.4, -0.2) is 43.0 Å². The molecule has 3 aliphatic rings. The van der Waals surface area contributed by atoms with E-state index in [1.165, 1.54) is 11.0 Å². The molecule has 156 valence electrons. The summed E-state index contributed by atoms with van der Waals surface area (Å²) in [6.45, 7) is 1.92. The fraction of sp³-hybridized carbons (Fsp3) is 0.391. The van der Waals surface area contributed by atoms with Crippen LogP contribution in [0.25, 0.3) is 0 Å². The lowest BCUT2D eigenvalue weighted by Crippen LogP contribution is -2.37. The van der Waals surface area contributed by atoms with E-state index in [-0.39, 0.29) is 36.5 Å². The monoisotopic (exact) mass is 410 g/mol. The van der Waals surface area contributed by atoms with E-state index in [1.807, 2.05) is 23.1 Å². The Hall–Kier alpha value is -3.09. The largest absolute Gasteiger partial charge is 0.486 e. The molecule has 2 aromatic rings. The average Bonchev–Trinajstić information content (AvgIpc) is 3.40. The van der Waals surface area contributed by atoms with Crippen molar-refractivity contribution < 1.29 is 23.5 Å². The zero-order valence-corrected chi connectivity index (χ0v) is 16.6. The number of fused-ring (bicyclic) bond motifs is 1. The lowest BCUT2D eigenvalue weighted by molar-refractivity contribution is -0.136. The zero-order valence-electron chi connectivity index (χ0n) is 16.6. The molecule has 3 heterocycles. The highest BCUT2D eigenvalue weighted by Gasteiger charge is 2.41. The van der Waals surface area contributed by atoms with Crippen LogP contribution in [0.1, 0.15) is 30.9 Å². The maximum atomic E-state index is 14.2. The topological polar surface area (TPSA) is 59.1 Å². The average molecular weight is 410 g/mol. The molecule has 0 saturated carbocycles. The number of amides is 2. The molecule has 2 aromatic carbocycles. The molecule has 0 radical (unpaired) electrons. The standard InChI is InChI=1S/C23H23FN2O4/c24-17-4-1-2-5-19(17)26-14-16(13-22(26)27)23(28)25-9-3-6-18(25)15-7-8-20-21(12-15)30-11-10-29-20/h1-2,4-5,7-8,12,16,18H,3,6,9-11,13-14H2/t16-,18+/m1/s1.